The van der Waals surface area contributed by atoms with Gasteiger partial charge in [0.05, 0.1) is 5.54 Å². The Balaban J connectivity index is 2.49. The normalized spacial score (nSPS) is 26.5. The zero-order valence-electron chi connectivity index (χ0n) is 11.1. The first-order valence-corrected chi connectivity index (χ1v) is 6.53. The van der Waals surface area contributed by atoms with E-state index in [1.54, 1.807) is 0 Å². The third kappa shape index (κ3) is 3.48. The van der Waals surface area contributed by atoms with Gasteiger partial charge in [-0.2, -0.15) is 0 Å². The van der Waals surface area contributed by atoms with E-state index in [1.807, 2.05) is 20.8 Å². The van der Waals surface area contributed by atoms with Gasteiger partial charge < -0.3 is 10.6 Å². The molecule has 1 fully saturated rings. The van der Waals surface area contributed by atoms with E-state index < -0.39 is 5.54 Å². The Hall–Kier alpha value is -0.570. The lowest BCUT2D eigenvalue weighted by Gasteiger charge is -2.33. The van der Waals surface area contributed by atoms with E-state index in [2.05, 4.69) is 17.6 Å². The summed E-state index contributed by atoms with van der Waals surface area (Å²) in [5.74, 6) is 0.753. The van der Waals surface area contributed by atoms with Gasteiger partial charge in [0.25, 0.3) is 0 Å². The summed E-state index contributed by atoms with van der Waals surface area (Å²) in [4.78, 5) is 12.1. The standard InChI is InChI=1S/C13H26N2O/c1-5-14-13(3,4)12(16)15-11-9-7-6-8-10(11)2/h10-11,14H,5-9H2,1-4H3,(H,15,16). The van der Waals surface area contributed by atoms with Crippen molar-refractivity contribution in [2.24, 2.45) is 5.92 Å². The van der Waals surface area contributed by atoms with E-state index in [0.29, 0.717) is 12.0 Å². The topological polar surface area (TPSA) is 41.1 Å². The molecule has 0 aromatic carbocycles. The van der Waals surface area contributed by atoms with E-state index in [1.165, 1.54) is 19.3 Å². The van der Waals surface area contributed by atoms with Gasteiger partial charge in [-0.1, -0.05) is 26.7 Å². The van der Waals surface area contributed by atoms with Gasteiger partial charge in [-0.15, -0.1) is 0 Å². The van der Waals surface area contributed by atoms with Gasteiger partial charge in [0.1, 0.15) is 0 Å². The maximum absolute atomic E-state index is 12.1. The summed E-state index contributed by atoms with van der Waals surface area (Å²) < 4.78 is 0. The van der Waals surface area contributed by atoms with E-state index in [0.717, 1.165) is 13.0 Å². The number of likely N-dealkylation sites (N-methyl/N-ethyl adjacent to an activating group) is 1. The molecule has 0 aromatic rings. The Morgan fingerprint density at radius 3 is 2.50 bits per heavy atom. The average molecular weight is 226 g/mol. The largest absolute Gasteiger partial charge is 0.352 e. The van der Waals surface area contributed by atoms with Crippen LogP contribution in [0.2, 0.25) is 0 Å². The predicted molar refractivity (Wildman–Crippen MR) is 67.3 cm³/mol. The molecule has 1 amide bonds. The fraction of sp³-hybridized carbons (Fsp3) is 0.923. The second-order valence-corrected chi connectivity index (χ2v) is 5.50. The van der Waals surface area contributed by atoms with Crippen molar-refractivity contribution in [2.75, 3.05) is 6.54 Å². The van der Waals surface area contributed by atoms with Crippen LogP contribution < -0.4 is 10.6 Å². The summed E-state index contributed by atoms with van der Waals surface area (Å²) >= 11 is 0. The molecule has 0 spiro atoms. The van der Waals surface area contributed by atoms with Crippen molar-refractivity contribution in [3.63, 3.8) is 0 Å². The average Bonchev–Trinajstić information content (AvgIpc) is 2.21. The highest BCUT2D eigenvalue weighted by molar-refractivity contribution is 5.85. The summed E-state index contributed by atoms with van der Waals surface area (Å²) in [5.41, 5.74) is -0.452. The third-order valence-electron chi connectivity index (χ3n) is 3.61. The summed E-state index contributed by atoms with van der Waals surface area (Å²) in [6.45, 7) is 8.97. The minimum atomic E-state index is -0.452. The molecule has 2 N–H and O–H groups in total. The molecular weight excluding hydrogens is 200 g/mol. The van der Waals surface area contributed by atoms with E-state index in [4.69, 9.17) is 0 Å². The van der Waals surface area contributed by atoms with Crippen LogP contribution in [0, 0.1) is 5.92 Å². The minimum absolute atomic E-state index is 0.132. The monoisotopic (exact) mass is 226 g/mol. The molecule has 2 atom stereocenters. The van der Waals surface area contributed by atoms with Gasteiger partial charge in [0.15, 0.2) is 0 Å². The molecule has 94 valence electrons. The molecule has 1 aliphatic rings. The predicted octanol–water partition coefficient (Wildman–Crippen LogP) is 2.07. The van der Waals surface area contributed by atoms with Gasteiger partial charge in [-0.25, -0.2) is 0 Å². The zero-order valence-corrected chi connectivity index (χ0v) is 11.1. The second-order valence-electron chi connectivity index (χ2n) is 5.50. The van der Waals surface area contributed by atoms with Crippen molar-refractivity contribution in [3.05, 3.63) is 0 Å². The quantitative estimate of drug-likeness (QED) is 0.770. The van der Waals surface area contributed by atoms with Crippen LogP contribution >= 0.6 is 0 Å². The fourth-order valence-electron chi connectivity index (χ4n) is 2.40. The maximum Gasteiger partial charge on any atom is 0.239 e. The van der Waals surface area contributed by atoms with Gasteiger partial charge in [0, 0.05) is 6.04 Å². The van der Waals surface area contributed by atoms with Crippen molar-refractivity contribution in [1.82, 2.24) is 10.6 Å². The molecule has 3 heteroatoms. The molecular formula is C13H26N2O. The number of amides is 1. The number of rotatable bonds is 4. The lowest BCUT2D eigenvalue weighted by molar-refractivity contribution is -0.127. The molecule has 0 aromatic heterocycles. The zero-order chi connectivity index (χ0) is 12.2. The summed E-state index contributed by atoms with van der Waals surface area (Å²) in [6.07, 6.45) is 4.93. The molecule has 0 aliphatic heterocycles. The first-order chi connectivity index (χ1) is 7.47. The van der Waals surface area contributed by atoms with Crippen LogP contribution in [0.3, 0.4) is 0 Å². The van der Waals surface area contributed by atoms with Crippen molar-refractivity contribution in [3.8, 4) is 0 Å². The van der Waals surface area contributed by atoms with Crippen LogP contribution in [0.15, 0.2) is 0 Å². The Morgan fingerprint density at radius 1 is 1.31 bits per heavy atom. The number of hydrogen-bond acceptors (Lipinski definition) is 2. The number of carbonyl (C=O) groups is 1. The molecule has 0 heterocycles. The lowest BCUT2D eigenvalue weighted by Crippen LogP contribution is -2.56. The summed E-state index contributed by atoms with van der Waals surface area (Å²) in [7, 11) is 0. The van der Waals surface area contributed by atoms with E-state index in [9.17, 15) is 4.79 Å². The van der Waals surface area contributed by atoms with Gasteiger partial charge in [-0.3, -0.25) is 4.79 Å². The van der Waals surface area contributed by atoms with Crippen LogP contribution in [0.4, 0.5) is 0 Å². The molecule has 1 aliphatic carbocycles. The fourth-order valence-corrected chi connectivity index (χ4v) is 2.40. The molecule has 16 heavy (non-hydrogen) atoms. The van der Waals surface area contributed by atoms with Crippen molar-refractivity contribution < 1.29 is 4.79 Å². The molecule has 1 saturated carbocycles. The van der Waals surface area contributed by atoms with Crippen LogP contribution in [0.5, 0.6) is 0 Å². The first kappa shape index (κ1) is 13.5. The van der Waals surface area contributed by atoms with Gasteiger partial charge in [-0.05, 0) is 39.2 Å². The third-order valence-corrected chi connectivity index (χ3v) is 3.61. The number of nitrogens with one attached hydrogen (secondary N) is 2. The van der Waals surface area contributed by atoms with E-state index >= 15 is 0 Å². The number of carbonyl (C=O) groups excluding carboxylic acids is 1. The molecule has 3 nitrogen and oxygen atoms in total. The number of hydrogen-bond donors (Lipinski definition) is 2. The highest BCUT2D eigenvalue weighted by atomic mass is 16.2. The smallest absolute Gasteiger partial charge is 0.239 e. The Morgan fingerprint density at radius 2 is 1.94 bits per heavy atom. The highest BCUT2D eigenvalue weighted by Gasteiger charge is 2.30. The lowest BCUT2D eigenvalue weighted by atomic mass is 9.85. The SMILES string of the molecule is CCNC(C)(C)C(=O)NC1CCCCC1C. The Bertz CT molecular complexity index is 238. The van der Waals surface area contributed by atoms with Crippen molar-refractivity contribution in [2.45, 2.75) is 65.0 Å². The van der Waals surface area contributed by atoms with Crippen LogP contribution in [-0.4, -0.2) is 24.0 Å². The van der Waals surface area contributed by atoms with E-state index in [-0.39, 0.29) is 5.91 Å². The van der Waals surface area contributed by atoms with Crippen LogP contribution in [-0.2, 0) is 4.79 Å². The second kappa shape index (κ2) is 5.67. The van der Waals surface area contributed by atoms with Gasteiger partial charge >= 0.3 is 0 Å². The molecule has 2 unspecified atom stereocenters. The first-order valence-electron chi connectivity index (χ1n) is 6.53. The van der Waals surface area contributed by atoms with Crippen molar-refractivity contribution in [1.29, 1.82) is 0 Å². The maximum atomic E-state index is 12.1. The molecule has 0 radical (unpaired) electrons. The van der Waals surface area contributed by atoms with Crippen molar-refractivity contribution >= 4 is 5.91 Å². The molecule has 0 bridgehead atoms. The minimum Gasteiger partial charge on any atom is -0.352 e. The highest BCUT2D eigenvalue weighted by Crippen LogP contribution is 2.24. The molecule has 0 saturated heterocycles. The summed E-state index contributed by atoms with van der Waals surface area (Å²) in [6, 6.07) is 0.374. The Kier molecular flexibility index (Phi) is 4.78. The Labute approximate surface area is 99.4 Å². The molecule has 1 rings (SSSR count). The van der Waals surface area contributed by atoms with Gasteiger partial charge in [0.2, 0.25) is 5.91 Å². The van der Waals surface area contributed by atoms with Crippen LogP contribution in [0.1, 0.15) is 53.4 Å². The van der Waals surface area contributed by atoms with Crippen LogP contribution in [0.25, 0.3) is 0 Å². The summed E-state index contributed by atoms with van der Waals surface area (Å²) in [5, 5.41) is 6.41.